The number of benzene rings is 1. The van der Waals surface area contributed by atoms with Crippen molar-refractivity contribution >= 4 is 5.91 Å². The molecule has 102 valence electrons. The Labute approximate surface area is 112 Å². The number of carbonyl (C=O) groups is 1. The van der Waals surface area contributed by atoms with Gasteiger partial charge < -0.3 is 15.2 Å². The highest BCUT2D eigenvalue weighted by Crippen LogP contribution is 2.34. The number of carbonyl (C=O) groups excluding carboxylic acids is 1. The van der Waals surface area contributed by atoms with Crippen LogP contribution in [0.4, 0.5) is 0 Å². The maximum Gasteiger partial charge on any atom is 0.220 e. The smallest absolute Gasteiger partial charge is 0.220 e. The quantitative estimate of drug-likeness (QED) is 0.878. The zero-order valence-corrected chi connectivity index (χ0v) is 10.9. The van der Waals surface area contributed by atoms with Gasteiger partial charge in [-0.05, 0) is 43.4 Å². The molecule has 0 radical (unpaired) electrons. The monoisotopic (exact) mass is 261 g/mol. The first-order valence-electron chi connectivity index (χ1n) is 6.98. The van der Waals surface area contributed by atoms with Gasteiger partial charge in [-0.1, -0.05) is 6.07 Å². The molecule has 1 amide bonds. The van der Waals surface area contributed by atoms with Gasteiger partial charge in [0.2, 0.25) is 5.91 Å². The summed E-state index contributed by atoms with van der Waals surface area (Å²) in [5.41, 5.74) is 1.06. The molecule has 1 saturated carbocycles. The van der Waals surface area contributed by atoms with Crippen molar-refractivity contribution in [2.24, 2.45) is 0 Å². The number of amides is 1. The Balaban J connectivity index is 1.77. The van der Waals surface area contributed by atoms with Crippen molar-refractivity contribution in [3.8, 4) is 11.5 Å². The van der Waals surface area contributed by atoms with Crippen molar-refractivity contribution in [3.63, 3.8) is 0 Å². The summed E-state index contributed by atoms with van der Waals surface area (Å²) in [4.78, 5) is 11.3. The lowest BCUT2D eigenvalue weighted by Crippen LogP contribution is -2.13. The molecule has 0 unspecified atom stereocenters. The van der Waals surface area contributed by atoms with Gasteiger partial charge in [-0.3, -0.25) is 4.79 Å². The lowest BCUT2D eigenvalue weighted by molar-refractivity contribution is -0.119. The minimum absolute atomic E-state index is 0.0938. The maximum absolute atomic E-state index is 11.3. The normalized spacial score (nSPS) is 23.6. The largest absolute Gasteiger partial charge is 0.504 e. The summed E-state index contributed by atoms with van der Waals surface area (Å²) in [7, 11) is 0. The Morgan fingerprint density at radius 3 is 2.74 bits per heavy atom. The summed E-state index contributed by atoms with van der Waals surface area (Å²) < 4.78 is 5.88. The lowest BCUT2D eigenvalue weighted by atomic mass is 9.98. The van der Waals surface area contributed by atoms with Crippen LogP contribution in [-0.2, 0) is 4.79 Å². The highest BCUT2D eigenvalue weighted by atomic mass is 16.5. The Morgan fingerprint density at radius 2 is 2.05 bits per heavy atom. The van der Waals surface area contributed by atoms with Gasteiger partial charge >= 0.3 is 0 Å². The molecule has 2 aliphatic rings. The number of nitrogens with one attached hydrogen (secondary N) is 1. The molecular formula is C15H19NO3. The number of hydrogen-bond acceptors (Lipinski definition) is 3. The van der Waals surface area contributed by atoms with Crippen molar-refractivity contribution in [1.29, 1.82) is 0 Å². The highest BCUT2D eigenvalue weighted by molar-refractivity contribution is 5.79. The van der Waals surface area contributed by atoms with Crippen LogP contribution in [0.1, 0.15) is 43.6 Å². The van der Waals surface area contributed by atoms with Crippen LogP contribution in [0.25, 0.3) is 0 Å². The van der Waals surface area contributed by atoms with E-state index in [0.29, 0.717) is 18.7 Å². The number of hydrogen-bond donors (Lipinski definition) is 2. The second kappa shape index (κ2) is 5.11. The van der Waals surface area contributed by atoms with Crippen LogP contribution in [0.2, 0.25) is 0 Å². The van der Waals surface area contributed by atoms with E-state index in [2.05, 4.69) is 5.32 Å². The van der Waals surface area contributed by atoms with E-state index in [1.165, 1.54) is 12.8 Å². The topological polar surface area (TPSA) is 58.6 Å². The predicted octanol–water partition coefficient (Wildman–Crippen LogP) is 2.32. The molecule has 0 spiro atoms. The molecule has 4 nitrogen and oxygen atoms in total. The van der Waals surface area contributed by atoms with Crippen molar-refractivity contribution in [3.05, 3.63) is 23.8 Å². The van der Waals surface area contributed by atoms with Gasteiger partial charge in [-0.15, -0.1) is 0 Å². The Bertz CT molecular complexity index is 480. The highest BCUT2D eigenvalue weighted by Gasteiger charge is 2.24. The third-order valence-corrected chi connectivity index (χ3v) is 4.03. The van der Waals surface area contributed by atoms with Crippen LogP contribution < -0.4 is 10.1 Å². The summed E-state index contributed by atoms with van der Waals surface area (Å²) in [6, 6.07) is 5.43. The van der Waals surface area contributed by atoms with E-state index in [1.54, 1.807) is 6.07 Å². The van der Waals surface area contributed by atoms with Gasteiger partial charge in [0.15, 0.2) is 11.5 Å². The van der Waals surface area contributed by atoms with E-state index in [9.17, 15) is 9.90 Å². The first kappa shape index (κ1) is 12.3. The second-order valence-electron chi connectivity index (χ2n) is 5.46. The van der Waals surface area contributed by atoms with Crippen molar-refractivity contribution < 1.29 is 14.6 Å². The fourth-order valence-corrected chi connectivity index (χ4v) is 2.91. The average Bonchev–Trinajstić information content (AvgIpc) is 3.03. The van der Waals surface area contributed by atoms with E-state index >= 15 is 0 Å². The number of rotatable bonds is 3. The van der Waals surface area contributed by atoms with Crippen molar-refractivity contribution in [2.75, 3.05) is 6.54 Å². The number of ether oxygens (including phenoxy) is 1. The summed E-state index contributed by atoms with van der Waals surface area (Å²) in [6.07, 6.45) is 5.27. The molecule has 2 N–H and O–H groups in total. The maximum atomic E-state index is 11.3. The summed E-state index contributed by atoms with van der Waals surface area (Å²) in [5.74, 6) is 1.03. The van der Waals surface area contributed by atoms with Gasteiger partial charge in [-0.25, -0.2) is 0 Å². The molecule has 0 aromatic heterocycles. The number of phenolic OH excluding ortho intramolecular Hbond substituents is 1. The minimum atomic E-state index is 0.0938. The van der Waals surface area contributed by atoms with E-state index in [1.807, 2.05) is 12.1 Å². The van der Waals surface area contributed by atoms with Crippen LogP contribution in [0.15, 0.2) is 18.2 Å². The second-order valence-corrected chi connectivity index (χ2v) is 5.46. The average molecular weight is 261 g/mol. The molecule has 1 aliphatic carbocycles. The van der Waals surface area contributed by atoms with Crippen LogP contribution >= 0.6 is 0 Å². The SMILES string of the molecule is O=C1C[C@@H](c2ccc(O)c(OC3CCCC3)c2)CN1. The molecule has 1 aromatic carbocycles. The first-order valence-corrected chi connectivity index (χ1v) is 6.98. The van der Waals surface area contributed by atoms with Crippen LogP contribution in [0.3, 0.4) is 0 Å². The molecule has 1 heterocycles. The van der Waals surface area contributed by atoms with E-state index in [0.717, 1.165) is 18.4 Å². The van der Waals surface area contributed by atoms with Gasteiger partial charge in [0, 0.05) is 18.9 Å². The Hall–Kier alpha value is -1.71. The summed E-state index contributed by atoms with van der Waals surface area (Å²) in [5, 5.41) is 12.7. The van der Waals surface area contributed by atoms with Crippen LogP contribution in [-0.4, -0.2) is 23.7 Å². The summed E-state index contributed by atoms with van der Waals surface area (Å²) in [6.45, 7) is 0.673. The van der Waals surface area contributed by atoms with Gasteiger partial charge in [0.1, 0.15) is 0 Å². The molecule has 0 bridgehead atoms. The Morgan fingerprint density at radius 1 is 1.26 bits per heavy atom. The van der Waals surface area contributed by atoms with Crippen molar-refractivity contribution in [2.45, 2.75) is 44.1 Å². The number of aromatic hydroxyl groups is 1. The van der Waals surface area contributed by atoms with Crippen LogP contribution in [0.5, 0.6) is 11.5 Å². The standard InChI is InChI=1S/C15H19NO3/c17-13-6-5-10(11-8-15(18)16-9-11)7-14(13)19-12-3-1-2-4-12/h5-7,11-12,17H,1-4,8-9H2,(H,16,18)/t11-/m1/s1. The third-order valence-electron chi connectivity index (χ3n) is 4.03. The van der Waals surface area contributed by atoms with E-state index in [4.69, 9.17) is 4.74 Å². The summed E-state index contributed by atoms with van der Waals surface area (Å²) >= 11 is 0. The minimum Gasteiger partial charge on any atom is -0.504 e. The molecular weight excluding hydrogens is 242 g/mol. The van der Waals surface area contributed by atoms with Gasteiger partial charge in [-0.2, -0.15) is 0 Å². The molecule has 1 atom stereocenters. The number of phenols is 1. The fourth-order valence-electron chi connectivity index (χ4n) is 2.91. The fraction of sp³-hybridized carbons (Fsp3) is 0.533. The Kier molecular flexibility index (Phi) is 3.32. The molecule has 1 aliphatic heterocycles. The third kappa shape index (κ3) is 2.67. The molecule has 3 rings (SSSR count). The predicted molar refractivity (Wildman–Crippen MR) is 71.4 cm³/mol. The zero-order chi connectivity index (χ0) is 13.2. The molecule has 4 heteroatoms. The molecule has 1 aromatic rings. The van der Waals surface area contributed by atoms with Crippen LogP contribution in [0, 0.1) is 0 Å². The van der Waals surface area contributed by atoms with E-state index in [-0.39, 0.29) is 23.7 Å². The lowest BCUT2D eigenvalue weighted by Gasteiger charge is -2.16. The zero-order valence-electron chi connectivity index (χ0n) is 10.9. The molecule has 19 heavy (non-hydrogen) atoms. The van der Waals surface area contributed by atoms with Gasteiger partial charge in [0.05, 0.1) is 6.10 Å². The molecule has 2 fully saturated rings. The first-order chi connectivity index (χ1) is 9.22. The van der Waals surface area contributed by atoms with E-state index < -0.39 is 0 Å². The van der Waals surface area contributed by atoms with Gasteiger partial charge in [0.25, 0.3) is 0 Å². The molecule has 1 saturated heterocycles. The van der Waals surface area contributed by atoms with Crippen molar-refractivity contribution in [1.82, 2.24) is 5.32 Å².